The zero-order valence-electron chi connectivity index (χ0n) is 10.4. The van der Waals surface area contributed by atoms with E-state index in [9.17, 15) is 4.79 Å². The van der Waals surface area contributed by atoms with Gasteiger partial charge in [-0.1, -0.05) is 0 Å². The van der Waals surface area contributed by atoms with Crippen molar-refractivity contribution in [2.75, 3.05) is 33.8 Å². The van der Waals surface area contributed by atoms with Crippen LogP contribution >= 0.6 is 11.3 Å². The van der Waals surface area contributed by atoms with E-state index in [2.05, 4.69) is 5.38 Å². The number of likely N-dealkylation sites (N-methyl/N-ethyl adjacent to an activating group) is 2. The Labute approximate surface area is 106 Å². The first-order valence-corrected chi connectivity index (χ1v) is 6.62. The number of nitrogens with zero attached hydrogens (tertiary/aromatic N) is 2. The lowest BCUT2D eigenvalue weighted by molar-refractivity contribution is -0.131. The molecule has 0 fully saturated rings. The second-order valence-electron chi connectivity index (χ2n) is 4.20. The number of rotatable bonds is 7. The summed E-state index contributed by atoms with van der Waals surface area (Å²) in [6, 6.07) is 2.03. The van der Waals surface area contributed by atoms with Crippen LogP contribution in [0, 0.1) is 0 Å². The van der Waals surface area contributed by atoms with Gasteiger partial charge in [-0.3, -0.25) is 9.69 Å². The molecule has 1 rings (SSSR count). The lowest BCUT2D eigenvalue weighted by Gasteiger charge is -2.21. The first-order valence-electron chi connectivity index (χ1n) is 5.68. The van der Waals surface area contributed by atoms with Gasteiger partial charge in [-0.15, -0.1) is 0 Å². The second-order valence-corrected chi connectivity index (χ2v) is 4.98. The average molecular weight is 256 g/mol. The summed E-state index contributed by atoms with van der Waals surface area (Å²) >= 11 is 1.64. The van der Waals surface area contributed by atoms with Crippen molar-refractivity contribution in [1.29, 1.82) is 0 Å². The first kappa shape index (κ1) is 14.2. The largest absolute Gasteiger partial charge is 0.396 e. The highest BCUT2D eigenvalue weighted by Gasteiger charge is 2.11. The summed E-state index contributed by atoms with van der Waals surface area (Å²) in [7, 11) is 3.71. The Kier molecular flexibility index (Phi) is 6.18. The van der Waals surface area contributed by atoms with Crippen molar-refractivity contribution < 1.29 is 9.90 Å². The molecule has 0 aromatic carbocycles. The normalized spacial score (nSPS) is 10.8. The predicted octanol–water partition coefficient (Wildman–Crippen LogP) is 1.02. The summed E-state index contributed by atoms with van der Waals surface area (Å²) in [6.07, 6.45) is 0.706. The Balaban J connectivity index is 2.31. The zero-order valence-corrected chi connectivity index (χ0v) is 11.2. The van der Waals surface area contributed by atoms with Gasteiger partial charge >= 0.3 is 0 Å². The molecule has 0 aliphatic heterocycles. The topological polar surface area (TPSA) is 43.8 Å². The maximum absolute atomic E-state index is 11.9. The number of hydrogen-bond acceptors (Lipinski definition) is 4. The van der Waals surface area contributed by atoms with Gasteiger partial charge in [-0.25, -0.2) is 0 Å². The fraction of sp³-hybridized carbons (Fsp3) is 0.583. The number of amides is 1. The van der Waals surface area contributed by atoms with Gasteiger partial charge in [0, 0.05) is 26.7 Å². The first-order chi connectivity index (χ1) is 8.13. The Morgan fingerprint density at radius 3 is 2.82 bits per heavy atom. The maximum Gasteiger partial charge on any atom is 0.236 e. The molecular weight excluding hydrogens is 236 g/mol. The Morgan fingerprint density at radius 1 is 1.47 bits per heavy atom. The molecule has 1 amide bonds. The lowest BCUT2D eigenvalue weighted by atomic mass is 10.3. The number of carbonyl (C=O) groups excluding carboxylic acids is 1. The minimum Gasteiger partial charge on any atom is -0.396 e. The monoisotopic (exact) mass is 256 g/mol. The van der Waals surface area contributed by atoms with Crippen molar-refractivity contribution in [1.82, 2.24) is 9.80 Å². The van der Waals surface area contributed by atoms with Crippen LogP contribution in [0.2, 0.25) is 0 Å². The number of aliphatic hydroxyl groups excluding tert-OH is 1. The predicted molar refractivity (Wildman–Crippen MR) is 70.0 cm³/mol. The molecule has 17 heavy (non-hydrogen) atoms. The fourth-order valence-electron chi connectivity index (χ4n) is 1.52. The number of carbonyl (C=O) groups is 1. The third-order valence-corrected chi connectivity index (χ3v) is 3.26. The highest BCUT2D eigenvalue weighted by atomic mass is 32.1. The van der Waals surface area contributed by atoms with Crippen LogP contribution in [0.15, 0.2) is 16.8 Å². The highest BCUT2D eigenvalue weighted by molar-refractivity contribution is 7.07. The molecule has 0 bridgehead atoms. The summed E-state index contributed by atoms with van der Waals surface area (Å²) in [5.74, 6) is 0.108. The standard InChI is InChI=1S/C12H20N2O2S/c1-13(5-3-6-15)9-12(16)14(2)8-11-4-7-17-10-11/h4,7,10,15H,3,5-6,8-9H2,1-2H3. The summed E-state index contributed by atoms with van der Waals surface area (Å²) in [5.41, 5.74) is 1.17. The van der Waals surface area contributed by atoms with Gasteiger partial charge in [0.05, 0.1) is 6.54 Å². The molecule has 1 aromatic rings. The van der Waals surface area contributed by atoms with Gasteiger partial charge in [-0.05, 0) is 35.9 Å². The second kappa shape index (κ2) is 7.42. The van der Waals surface area contributed by atoms with Crippen molar-refractivity contribution in [3.05, 3.63) is 22.4 Å². The van der Waals surface area contributed by atoms with E-state index in [1.807, 2.05) is 30.4 Å². The molecule has 5 heteroatoms. The van der Waals surface area contributed by atoms with E-state index in [-0.39, 0.29) is 12.5 Å². The number of aliphatic hydroxyl groups is 1. The highest BCUT2D eigenvalue weighted by Crippen LogP contribution is 2.08. The van der Waals surface area contributed by atoms with Gasteiger partial charge in [-0.2, -0.15) is 11.3 Å². The van der Waals surface area contributed by atoms with Gasteiger partial charge in [0.15, 0.2) is 0 Å². The molecule has 0 saturated heterocycles. The van der Waals surface area contributed by atoms with Crippen molar-refractivity contribution in [3.8, 4) is 0 Å². The minimum absolute atomic E-state index is 0.108. The van der Waals surface area contributed by atoms with Crippen molar-refractivity contribution >= 4 is 17.2 Å². The minimum atomic E-state index is 0.108. The number of thiophene rings is 1. The van der Waals surface area contributed by atoms with E-state index in [4.69, 9.17) is 5.11 Å². The van der Waals surface area contributed by atoms with Crippen LogP contribution in [0.3, 0.4) is 0 Å². The van der Waals surface area contributed by atoms with E-state index < -0.39 is 0 Å². The van der Waals surface area contributed by atoms with Crippen LogP contribution in [0.5, 0.6) is 0 Å². The van der Waals surface area contributed by atoms with Crippen LogP contribution in [0.4, 0.5) is 0 Å². The smallest absolute Gasteiger partial charge is 0.236 e. The van der Waals surface area contributed by atoms with E-state index in [1.165, 1.54) is 5.56 Å². The molecular formula is C12H20N2O2S. The fourth-order valence-corrected chi connectivity index (χ4v) is 2.18. The van der Waals surface area contributed by atoms with E-state index in [1.54, 1.807) is 16.2 Å². The van der Waals surface area contributed by atoms with Gasteiger partial charge < -0.3 is 10.0 Å². The quantitative estimate of drug-likeness (QED) is 0.792. The van der Waals surface area contributed by atoms with Crippen molar-refractivity contribution in [3.63, 3.8) is 0 Å². The third kappa shape index (κ3) is 5.30. The molecule has 0 saturated carbocycles. The molecule has 1 aromatic heterocycles. The molecule has 0 spiro atoms. The molecule has 0 aliphatic rings. The molecule has 0 aliphatic carbocycles. The number of hydrogen-bond donors (Lipinski definition) is 1. The molecule has 0 unspecified atom stereocenters. The molecule has 1 N–H and O–H groups in total. The Bertz CT molecular complexity index is 327. The Morgan fingerprint density at radius 2 is 2.24 bits per heavy atom. The Hall–Kier alpha value is -0.910. The van der Waals surface area contributed by atoms with Crippen molar-refractivity contribution in [2.24, 2.45) is 0 Å². The summed E-state index contributed by atoms with van der Waals surface area (Å²) in [5, 5.41) is 12.8. The molecule has 4 nitrogen and oxygen atoms in total. The van der Waals surface area contributed by atoms with Gasteiger partial charge in [0.25, 0.3) is 0 Å². The van der Waals surface area contributed by atoms with E-state index in [0.717, 1.165) is 6.54 Å². The van der Waals surface area contributed by atoms with Gasteiger partial charge in [0.1, 0.15) is 0 Å². The van der Waals surface area contributed by atoms with E-state index >= 15 is 0 Å². The van der Waals surface area contributed by atoms with E-state index in [0.29, 0.717) is 19.5 Å². The van der Waals surface area contributed by atoms with Crippen LogP contribution < -0.4 is 0 Å². The van der Waals surface area contributed by atoms with Crippen LogP contribution in [-0.4, -0.2) is 54.6 Å². The average Bonchev–Trinajstić information content (AvgIpc) is 2.78. The molecule has 1 heterocycles. The summed E-state index contributed by atoms with van der Waals surface area (Å²) in [4.78, 5) is 15.5. The molecule has 0 radical (unpaired) electrons. The van der Waals surface area contributed by atoms with Crippen LogP contribution in [-0.2, 0) is 11.3 Å². The van der Waals surface area contributed by atoms with Crippen LogP contribution in [0.25, 0.3) is 0 Å². The zero-order chi connectivity index (χ0) is 12.7. The maximum atomic E-state index is 11.9. The molecule has 96 valence electrons. The van der Waals surface area contributed by atoms with Crippen molar-refractivity contribution in [2.45, 2.75) is 13.0 Å². The summed E-state index contributed by atoms with van der Waals surface area (Å²) < 4.78 is 0. The van der Waals surface area contributed by atoms with Gasteiger partial charge in [0.2, 0.25) is 5.91 Å². The van der Waals surface area contributed by atoms with Crippen LogP contribution in [0.1, 0.15) is 12.0 Å². The third-order valence-electron chi connectivity index (χ3n) is 2.53. The molecule has 0 atom stereocenters. The SMILES string of the molecule is CN(CCCO)CC(=O)N(C)Cc1ccsc1. The lowest BCUT2D eigenvalue weighted by Crippen LogP contribution is -2.36. The summed E-state index contributed by atoms with van der Waals surface area (Å²) in [6.45, 7) is 1.98.